The number of rotatable bonds is 3. The predicted octanol–water partition coefficient (Wildman–Crippen LogP) is 3.66. The molecule has 0 saturated carbocycles. The van der Waals surface area contributed by atoms with Crippen LogP contribution < -0.4 is 0 Å². The number of hydrogen-bond donors (Lipinski definition) is 2. The molecule has 0 aliphatic heterocycles. The molecule has 1 aromatic rings. The first-order valence-electron chi connectivity index (χ1n) is 7.33. The van der Waals surface area contributed by atoms with Crippen LogP contribution in [0.4, 0.5) is 0 Å². The summed E-state index contributed by atoms with van der Waals surface area (Å²) in [5, 5.41) is 15.2. The summed E-state index contributed by atoms with van der Waals surface area (Å²) in [6.45, 7) is 2.88. The lowest BCUT2D eigenvalue weighted by molar-refractivity contribution is 0.963. The van der Waals surface area contributed by atoms with Gasteiger partial charge in [0, 0.05) is 12.3 Å². The maximum atomic E-state index is 7.66. The van der Waals surface area contributed by atoms with Gasteiger partial charge >= 0.3 is 0 Å². The van der Waals surface area contributed by atoms with Crippen molar-refractivity contribution in [2.75, 3.05) is 6.54 Å². The largest absolute Gasteiger partial charge is 0.299 e. The first kappa shape index (κ1) is 13.7. The fourth-order valence-corrected chi connectivity index (χ4v) is 2.83. The summed E-state index contributed by atoms with van der Waals surface area (Å²) >= 11 is 0. The van der Waals surface area contributed by atoms with E-state index >= 15 is 0 Å². The van der Waals surface area contributed by atoms with Crippen LogP contribution in [0.25, 0.3) is 0 Å². The van der Waals surface area contributed by atoms with Gasteiger partial charge in [-0.1, -0.05) is 29.8 Å². The summed E-state index contributed by atoms with van der Waals surface area (Å²) in [5.41, 5.74) is 6.92. The molecule has 2 N–H and O–H groups in total. The number of benzene rings is 1. The summed E-state index contributed by atoms with van der Waals surface area (Å²) in [4.78, 5) is 4.75. The molecule has 0 fully saturated rings. The van der Waals surface area contributed by atoms with Crippen molar-refractivity contribution in [3.05, 3.63) is 58.7 Å². The van der Waals surface area contributed by atoms with Crippen LogP contribution in [-0.2, 0) is 6.42 Å². The Morgan fingerprint density at radius 2 is 1.95 bits per heavy atom. The molecule has 106 valence electrons. The molecular formula is C18H19N3. The molecule has 21 heavy (non-hydrogen) atoms. The number of nitrogens with zero attached hydrogens (tertiary/aromatic N) is 1. The SMILES string of the molecule is Cc1ccc2c(c1)CCC2=NCCC1=CC(=N)C(=N)C=C1. The van der Waals surface area contributed by atoms with Crippen molar-refractivity contribution < 1.29 is 0 Å². The summed E-state index contributed by atoms with van der Waals surface area (Å²) in [6, 6.07) is 6.60. The highest BCUT2D eigenvalue weighted by Crippen LogP contribution is 2.24. The van der Waals surface area contributed by atoms with Gasteiger partial charge in [-0.2, -0.15) is 0 Å². The smallest absolute Gasteiger partial charge is 0.0791 e. The molecule has 0 bridgehead atoms. The van der Waals surface area contributed by atoms with Crippen LogP contribution in [0.1, 0.15) is 29.5 Å². The maximum Gasteiger partial charge on any atom is 0.0791 e. The second-order valence-corrected chi connectivity index (χ2v) is 5.62. The zero-order valence-corrected chi connectivity index (χ0v) is 12.2. The Balaban J connectivity index is 1.67. The van der Waals surface area contributed by atoms with E-state index in [0.717, 1.165) is 31.4 Å². The van der Waals surface area contributed by atoms with Crippen molar-refractivity contribution in [2.45, 2.75) is 26.2 Å². The summed E-state index contributed by atoms with van der Waals surface area (Å²) in [5.74, 6) is 0. The fraction of sp³-hybridized carbons (Fsp3) is 0.278. The van der Waals surface area contributed by atoms with Gasteiger partial charge in [-0.15, -0.1) is 0 Å². The van der Waals surface area contributed by atoms with Gasteiger partial charge in [-0.3, -0.25) is 15.8 Å². The van der Waals surface area contributed by atoms with E-state index in [2.05, 4.69) is 25.1 Å². The molecule has 0 heterocycles. The zero-order valence-electron chi connectivity index (χ0n) is 12.2. The van der Waals surface area contributed by atoms with Crippen LogP contribution >= 0.6 is 0 Å². The van der Waals surface area contributed by atoms with E-state index < -0.39 is 0 Å². The Bertz CT molecular complexity index is 705. The molecule has 3 rings (SSSR count). The molecule has 0 aromatic heterocycles. The summed E-state index contributed by atoms with van der Waals surface area (Å²) < 4.78 is 0. The van der Waals surface area contributed by atoms with E-state index in [0.29, 0.717) is 5.71 Å². The van der Waals surface area contributed by atoms with Crippen molar-refractivity contribution in [1.82, 2.24) is 0 Å². The lowest BCUT2D eigenvalue weighted by atomic mass is 10.0. The minimum Gasteiger partial charge on any atom is -0.299 e. The third kappa shape index (κ3) is 2.92. The fourth-order valence-electron chi connectivity index (χ4n) is 2.83. The molecular weight excluding hydrogens is 258 g/mol. The predicted molar refractivity (Wildman–Crippen MR) is 88.2 cm³/mol. The highest BCUT2D eigenvalue weighted by atomic mass is 14.7. The molecule has 0 spiro atoms. The molecule has 1 aromatic carbocycles. The van der Waals surface area contributed by atoms with Gasteiger partial charge in [0.05, 0.1) is 11.4 Å². The van der Waals surface area contributed by atoms with Crippen LogP contribution in [-0.4, -0.2) is 23.7 Å². The number of nitrogens with one attached hydrogen (secondary N) is 2. The Labute approximate surface area is 125 Å². The third-order valence-electron chi connectivity index (χ3n) is 3.99. The molecule has 0 radical (unpaired) electrons. The molecule has 0 saturated heterocycles. The van der Waals surface area contributed by atoms with Crippen LogP contribution in [0.3, 0.4) is 0 Å². The van der Waals surface area contributed by atoms with Gasteiger partial charge in [0.25, 0.3) is 0 Å². The highest BCUT2D eigenvalue weighted by molar-refractivity contribution is 6.49. The average Bonchev–Trinajstić information content (AvgIpc) is 2.85. The minimum atomic E-state index is 0.283. The van der Waals surface area contributed by atoms with Crippen LogP contribution in [0.2, 0.25) is 0 Å². The average molecular weight is 277 g/mol. The molecule has 0 unspecified atom stereocenters. The molecule has 3 nitrogen and oxygen atoms in total. The molecule has 0 atom stereocenters. The minimum absolute atomic E-state index is 0.283. The Morgan fingerprint density at radius 3 is 2.76 bits per heavy atom. The second kappa shape index (κ2) is 5.60. The molecule has 3 heteroatoms. The van der Waals surface area contributed by atoms with Crippen molar-refractivity contribution in [3.63, 3.8) is 0 Å². The van der Waals surface area contributed by atoms with Crippen LogP contribution in [0.5, 0.6) is 0 Å². The Kier molecular flexibility index (Phi) is 3.65. The van der Waals surface area contributed by atoms with Crippen molar-refractivity contribution >= 4 is 17.1 Å². The van der Waals surface area contributed by atoms with Gasteiger partial charge in [0.2, 0.25) is 0 Å². The van der Waals surface area contributed by atoms with Gasteiger partial charge in [0.15, 0.2) is 0 Å². The highest BCUT2D eigenvalue weighted by Gasteiger charge is 2.17. The number of aliphatic imine (C=N–C) groups is 1. The Morgan fingerprint density at radius 1 is 1.10 bits per heavy atom. The van der Waals surface area contributed by atoms with Gasteiger partial charge in [-0.05, 0) is 55.0 Å². The first-order valence-corrected chi connectivity index (χ1v) is 7.33. The third-order valence-corrected chi connectivity index (χ3v) is 3.99. The lowest BCUT2D eigenvalue weighted by Gasteiger charge is -2.07. The van der Waals surface area contributed by atoms with Crippen molar-refractivity contribution in [2.24, 2.45) is 4.99 Å². The summed E-state index contributed by atoms with van der Waals surface area (Å²) in [6.07, 6.45) is 8.35. The molecule has 0 amide bonds. The van der Waals surface area contributed by atoms with E-state index in [1.165, 1.54) is 22.4 Å². The van der Waals surface area contributed by atoms with Crippen LogP contribution in [0.15, 0.2) is 47.0 Å². The van der Waals surface area contributed by atoms with E-state index in [1.54, 1.807) is 12.2 Å². The van der Waals surface area contributed by atoms with Crippen molar-refractivity contribution in [3.8, 4) is 0 Å². The molecule has 2 aliphatic carbocycles. The number of fused-ring (bicyclic) bond motifs is 1. The molecule has 2 aliphatic rings. The van der Waals surface area contributed by atoms with E-state index in [1.807, 2.05) is 6.08 Å². The number of aryl methyl sites for hydroxylation is 2. The topological polar surface area (TPSA) is 60.1 Å². The van der Waals surface area contributed by atoms with Crippen LogP contribution in [0, 0.1) is 17.7 Å². The van der Waals surface area contributed by atoms with Gasteiger partial charge in [0.1, 0.15) is 0 Å². The normalized spacial score (nSPS) is 19.1. The van der Waals surface area contributed by atoms with Crippen molar-refractivity contribution in [1.29, 1.82) is 10.8 Å². The quantitative estimate of drug-likeness (QED) is 0.792. The van der Waals surface area contributed by atoms with Gasteiger partial charge in [-0.25, -0.2) is 0 Å². The maximum absolute atomic E-state index is 7.66. The number of hydrogen-bond acceptors (Lipinski definition) is 3. The van der Waals surface area contributed by atoms with Gasteiger partial charge < -0.3 is 0 Å². The summed E-state index contributed by atoms with van der Waals surface area (Å²) in [7, 11) is 0. The lowest BCUT2D eigenvalue weighted by Crippen LogP contribution is -2.10. The first-order chi connectivity index (χ1) is 10.1. The van der Waals surface area contributed by atoms with E-state index in [-0.39, 0.29) is 5.71 Å². The Hall–Kier alpha value is -2.29. The standard InChI is InChI=1S/C18H19N3/c1-12-2-5-15-14(10-12)4-7-18(15)21-9-8-13-3-6-16(19)17(20)11-13/h2-3,5-6,10-11,19-20H,4,7-9H2,1H3. The van der Waals surface area contributed by atoms with E-state index in [4.69, 9.17) is 15.8 Å². The zero-order chi connectivity index (χ0) is 14.8. The van der Waals surface area contributed by atoms with E-state index in [9.17, 15) is 0 Å². The number of allylic oxidation sites excluding steroid dienone is 3. The monoisotopic (exact) mass is 277 g/mol. The second-order valence-electron chi connectivity index (χ2n) is 5.62.